The van der Waals surface area contributed by atoms with Crippen molar-refractivity contribution in [2.45, 2.75) is 6.16 Å². The highest BCUT2D eigenvalue weighted by Gasteiger charge is 2.04. The van der Waals surface area contributed by atoms with E-state index in [1.54, 1.807) is 0 Å². The van der Waals surface area contributed by atoms with Crippen LogP contribution in [0.25, 0.3) is 0 Å². The van der Waals surface area contributed by atoms with Crippen LogP contribution in [0.4, 0.5) is 5.69 Å². The molecule has 0 bridgehead atoms. The molecule has 6 heteroatoms. The summed E-state index contributed by atoms with van der Waals surface area (Å²) in [5.74, 6) is 0. The molecule has 0 aliphatic heterocycles. The van der Waals surface area contributed by atoms with Crippen molar-refractivity contribution in [1.29, 1.82) is 0 Å². The Morgan fingerprint density at radius 3 is 2.31 bits per heavy atom. The molecule has 70 valence electrons. The predicted octanol–water partition coefficient (Wildman–Crippen LogP) is 1.56. The summed E-state index contributed by atoms with van der Waals surface area (Å²) in [5, 5.41) is 10.2. The summed E-state index contributed by atoms with van der Waals surface area (Å²) >= 11 is 0. The Bertz CT molecular complexity index is 335. The molecule has 0 amide bonds. The van der Waals surface area contributed by atoms with E-state index >= 15 is 0 Å². The lowest BCUT2D eigenvalue weighted by Gasteiger charge is -1.96. The number of nitro benzene ring substituents is 1. The van der Waals surface area contributed by atoms with Gasteiger partial charge < -0.3 is 4.89 Å². The van der Waals surface area contributed by atoms with Crippen LogP contribution < -0.4 is 0 Å². The van der Waals surface area contributed by atoms with Crippen molar-refractivity contribution >= 4 is 13.7 Å². The highest BCUT2D eigenvalue weighted by molar-refractivity contribution is 7.37. The van der Waals surface area contributed by atoms with E-state index in [9.17, 15) is 14.7 Å². The average molecular weight is 201 g/mol. The van der Waals surface area contributed by atoms with Gasteiger partial charge in [0.25, 0.3) is 5.69 Å². The zero-order valence-electron chi connectivity index (χ0n) is 6.64. The van der Waals surface area contributed by atoms with Gasteiger partial charge in [-0.15, -0.1) is 0 Å². The van der Waals surface area contributed by atoms with Crippen molar-refractivity contribution in [3.8, 4) is 0 Å². The second-order valence-electron chi connectivity index (χ2n) is 2.49. The lowest BCUT2D eigenvalue weighted by molar-refractivity contribution is -0.384. The van der Waals surface area contributed by atoms with E-state index in [0.717, 1.165) is 0 Å². The third-order valence-electron chi connectivity index (χ3n) is 1.50. The van der Waals surface area contributed by atoms with Crippen LogP contribution in [0.2, 0.25) is 0 Å². The maximum atomic E-state index is 10.4. The molecule has 0 aliphatic rings. The second kappa shape index (κ2) is 4.16. The minimum Gasteiger partial charge on any atom is -0.346 e. The highest BCUT2D eigenvalue weighted by atomic mass is 31.1. The molecule has 1 N–H and O–H groups in total. The molecular weight excluding hydrogens is 193 g/mol. The van der Waals surface area contributed by atoms with Gasteiger partial charge in [-0.2, -0.15) is 0 Å². The number of nitrogens with zero attached hydrogens (tertiary/aromatic N) is 1. The van der Waals surface area contributed by atoms with Gasteiger partial charge in [0, 0.05) is 18.3 Å². The van der Waals surface area contributed by atoms with Crippen LogP contribution in [0.3, 0.4) is 0 Å². The van der Waals surface area contributed by atoms with Crippen molar-refractivity contribution in [3.63, 3.8) is 0 Å². The summed E-state index contributed by atoms with van der Waals surface area (Å²) in [4.78, 5) is 18.3. The molecule has 0 fully saturated rings. The van der Waals surface area contributed by atoms with Gasteiger partial charge in [-0.25, -0.2) is 0 Å². The normalized spacial score (nSPS) is 12.4. The van der Waals surface area contributed by atoms with E-state index in [4.69, 9.17) is 4.89 Å². The molecule has 0 aromatic heterocycles. The van der Waals surface area contributed by atoms with Crippen molar-refractivity contribution in [3.05, 3.63) is 39.9 Å². The molecule has 1 aromatic carbocycles. The number of benzene rings is 1. The first kappa shape index (κ1) is 9.89. The molecule has 0 saturated heterocycles. The molecule has 0 heterocycles. The number of hydrogen-bond donors (Lipinski definition) is 1. The van der Waals surface area contributed by atoms with E-state index in [0.29, 0.717) is 5.56 Å². The molecule has 1 rings (SSSR count). The van der Waals surface area contributed by atoms with Crippen LogP contribution in [0.15, 0.2) is 24.3 Å². The van der Waals surface area contributed by atoms with Gasteiger partial charge in [-0.05, 0) is 5.56 Å². The number of rotatable bonds is 3. The first-order chi connectivity index (χ1) is 6.09. The van der Waals surface area contributed by atoms with Crippen LogP contribution in [0.1, 0.15) is 5.56 Å². The van der Waals surface area contributed by atoms with Crippen LogP contribution in [-0.4, -0.2) is 9.82 Å². The van der Waals surface area contributed by atoms with Crippen molar-refractivity contribution < 1.29 is 14.4 Å². The van der Waals surface area contributed by atoms with E-state index in [2.05, 4.69) is 0 Å². The second-order valence-corrected chi connectivity index (χ2v) is 3.64. The molecule has 0 spiro atoms. The highest BCUT2D eigenvalue weighted by Crippen LogP contribution is 2.22. The Balaban J connectivity index is 2.81. The van der Waals surface area contributed by atoms with Crippen LogP contribution in [0.5, 0.6) is 0 Å². The van der Waals surface area contributed by atoms with Gasteiger partial charge >= 0.3 is 0 Å². The lowest BCUT2D eigenvalue weighted by Crippen LogP contribution is -1.87. The lowest BCUT2D eigenvalue weighted by atomic mass is 10.2. The Morgan fingerprint density at radius 2 is 1.92 bits per heavy atom. The fourth-order valence-electron chi connectivity index (χ4n) is 0.910. The first-order valence-corrected chi connectivity index (χ1v) is 5.11. The summed E-state index contributed by atoms with van der Waals surface area (Å²) in [6, 6.07) is 5.61. The summed E-state index contributed by atoms with van der Waals surface area (Å²) in [6.07, 6.45) is 0.0721. The Kier molecular flexibility index (Phi) is 3.17. The Morgan fingerprint density at radius 1 is 1.38 bits per heavy atom. The standard InChI is InChI=1S/C7H8NO4P/c9-8(10)7-3-1-6(2-4-7)5-13(11)12/h1-4,13H,5H2,(H,11,12). The number of non-ortho nitro benzene ring substituents is 1. The monoisotopic (exact) mass is 201 g/mol. The van der Waals surface area contributed by atoms with Crippen molar-refractivity contribution in [2.24, 2.45) is 0 Å². The molecule has 13 heavy (non-hydrogen) atoms. The van der Waals surface area contributed by atoms with E-state index < -0.39 is 13.0 Å². The van der Waals surface area contributed by atoms with E-state index in [1.807, 2.05) is 0 Å². The van der Waals surface area contributed by atoms with Crippen LogP contribution in [0, 0.1) is 10.1 Å². The molecule has 0 radical (unpaired) electrons. The number of nitro groups is 1. The minimum absolute atomic E-state index is 0.0126. The van der Waals surface area contributed by atoms with E-state index in [-0.39, 0.29) is 11.8 Å². The summed E-state index contributed by atoms with van der Waals surface area (Å²) < 4.78 is 10.4. The van der Waals surface area contributed by atoms with Gasteiger partial charge in [-0.1, -0.05) is 12.1 Å². The average Bonchev–Trinajstić information content (AvgIpc) is 2.04. The topological polar surface area (TPSA) is 80.4 Å². The first-order valence-electron chi connectivity index (χ1n) is 3.54. The summed E-state index contributed by atoms with van der Waals surface area (Å²) in [7, 11) is -2.54. The van der Waals surface area contributed by atoms with Crippen LogP contribution >= 0.6 is 8.03 Å². The zero-order valence-corrected chi connectivity index (χ0v) is 7.64. The third-order valence-corrected chi connectivity index (χ3v) is 2.21. The SMILES string of the molecule is O=[N+]([O-])c1ccc(C[PH](=O)O)cc1. The molecule has 0 saturated carbocycles. The van der Waals surface area contributed by atoms with Crippen molar-refractivity contribution in [1.82, 2.24) is 0 Å². The third kappa shape index (κ3) is 2.97. The Labute approximate surface area is 75.0 Å². The summed E-state index contributed by atoms with van der Waals surface area (Å²) in [6.45, 7) is 0. The zero-order chi connectivity index (χ0) is 9.84. The van der Waals surface area contributed by atoms with Gasteiger partial charge in [0.15, 0.2) is 8.03 Å². The van der Waals surface area contributed by atoms with E-state index in [1.165, 1.54) is 24.3 Å². The fraction of sp³-hybridized carbons (Fsp3) is 0.143. The largest absolute Gasteiger partial charge is 0.346 e. The molecule has 1 atom stereocenters. The van der Waals surface area contributed by atoms with Crippen LogP contribution in [-0.2, 0) is 10.7 Å². The Hall–Kier alpha value is -1.19. The van der Waals surface area contributed by atoms with Crippen molar-refractivity contribution in [2.75, 3.05) is 0 Å². The summed E-state index contributed by atoms with van der Waals surface area (Å²) in [5.41, 5.74) is 0.623. The predicted molar refractivity (Wildman–Crippen MR) is 48.0 cm³/mol. The molecule has 1 unspecified atom stereocenters. The number of hydrogen-bond acceptors (Lipinski definition) is 3. The molecule has 5 nitrogen and oxygen atoms in total. The maximum Gasteiger partial charge on any atom is 0.269 e. The minimum atomic E-state index is -2.54. The molecular formula is C7H8NO4P. The maximum absolute atomic E-state index is 10.4. The molecule has 1 aromatic rings. The van der Waals surface area contributed by atoms with Gasteiger partial charge in [0.2, 0.25) is 0 Å². The smallest absolute Gasteiger partial charge is 0.269 e. The quantitative estimate of drug-likeness (QED) is 0.457. The van der Waals surface area contributed by atoms with Gasteiger partial charge in [0.1, 0.15) is 0 Å². The molecule has 0 aliphatic carbocycles. The fourth-order valence-corrected chi connectivity index (χ4v) is 1.50. The van der Waals surface area contributed by atoms with Gasteiger partial charge in [0.05, 0.1) is 4.92 Å². The van der Waals surface area contributed by atoms with Gasteiger partial charge in [-0.3, -0.25) is 14.7 Å².